The third kappa shape index (κ3) is 5.45. The molecule has 160 valence electrons. The summed E-state index contributed by atoms with van der Waals surface area (Å²) in [6.45, 7) is 1.87. The molecule has 2 N–H and O–H groups in total. The van der Waals surface area contributed by atoms with E-state index in [4.69, 9.17) is 5.11 Å². The number of aliphatic carboxylic acids is 1. The fourth-order valence-corrected chi connectivity index (χ4v) is 3.54. The average Bonchev–Trinajstić information content (AvgIpc) is 2.74. The first-order valence-electron chi connectivity index (χ1n) is 10.1. The van der Waals surface area contributed by atoms with Crippen LogP contribution in [0, 0.1) is 0 Å². The largest absolute Gasteiger partial charge is 0.481 e. The molecule has 3 rings (SSSR count). The zero-order valence-corrected chi connectivity index (χ0v) is 17.3. The Bertz CT molecular complexity index is 1040. The maximum absolute atomic E-state index is 13.2. The number of carboxylic acids is 1. The van der Waals surface area contributed by atoms with Crippen molar-refractivity contribution in [2.24, 2.45) is 0 Å². The number of nitrogens with one attached hydrogen (secondary N) is 1. The molecule has 0 atom stereocenters. The summed E-state index contributed by atoms with van der Waals surface area (Å²) in [5, 5.41) is 11.5. The van der Waals surface area contributed by atoms with Crippen molar-refractivity contribution in [3.05, 3.63) is 71.4 Å². The quantitative estimate of drug-likeness (QED) is 0.593. The number of hydrogen-bond acceptors (Lipinski definition) is 5. The molecule has 0 saturated heterocycles. The third-order valence-electron chi connectivity index (χ3n) is 5.00. The number of rotatable bonds is 9. The number of carbonyl (C=O) groups excluding carboxylic acids is 3. The van der Waals surface area contributed by atoms with Crippen molar-refractivity contribution in [3.63, 3.8) is 0 Å². The van der Waals surface area contributed by atoms with Gasteiger partial charge >= 0.3 is 5.97 Å². The number of Topliss-reactive ketones (excluding diaryl/α,β-unsaturated/α-hetero) is 1. The van der Waals surface area contributed by atoms with Gasteiger partial charge in [-0.25, -0.2) is 0 Å². The first-order chi connectivity index (χ1) is 14.9. The molecule has 0 heterocycles. The Hall–Kier alpha value is -3.74. The molecule has 2 aromatic rings. The van der Waals surface area contributed by atoms with Gasteiger partial charge in [0.05, 0.1) is 5.70 Å². The van der Waals surface area contributed by atoms with Crippen LogP contribution in [0.2, 0.25) is 0 Å². The van der Waals surface area contributed by atoms with E-state index in [0.29, 0.717) is 48.3 Å². The van der Waals surface area contributed by atoms with Gasteiger partial charge in [0, 0.05) is 48.5 Å². The lowest BCUT2D eigenvalue weighted by Crippen LogP contribution is -2.32. The second-order valence-electron chi connectivity index (χ2n) is 7.35. The topological polar surface area (TPSA) is 104 Å². The van der Waals surface area contributed by atoms with Crippen molar-refractivity contribution in [1.29, 1.82) is 0 Å². The van der Waals surface area contributed by atoms with Gasteiger partial charge in [-0.1, -0.05) is 30.7 Å². The molecule has 0 unspecified atom stereocenters. The van der Waals surface area contributed by atoms with Crippen LogP contribution in [0.25, 0.3) is 0 Å². The fourth-order valence-electron chi connectivity index (χ4n) is 3.54. The maximum Gasteiger partial charge on any atom is 0.303 e. The number of fused-ring (bicyclic) bond motifs is 1. The summed E-state index contributed by atoms with van der Waals surface area (Å²) in [5.41, 5.74) is 2.38. The zero-order chi connectivity index (χ0) is 22.4. The molecule has 2 aromatic carbocycles. The standard InChI is InChI=1S/C24H24N2O5/c1-16(27)25-17-10-12-18(13-11-17)26(14-6-2-3-9-23(29)30)21-15-22(28)19-7-4-5-8-20(19)24(21)31/h4-5,7-8,10-13,15H,2-3,6,9,14H2,1H3,(H,25,27)(H,29,30). The smallest absolute Gasteiger partial charge is 0.303 e. The number of benzene rings is 2. The summed E-state index contributed by atoms with van der Waals surface area (Å²) in [4.78, 5) is 49.6. The van der Waals surface area contributed by atoms with Crippen molar-refractivity contribution < 1.29 is 24.3 Å². The molecule has 0 spiro atoms. The molecule has 1 aliphatic carbocycles. The zero-order valence-electron chi connectivity index (χ0n) is 17.3. The van der Waals surface area contributed by atoms with Crippen LogP contribution >= 0.6 is 0 Å². The molecule has 1 amide bonds. The first-order valence-corrected chi connectivity index (χ1v) is 10.1. The molecule has 7 heteroatoms. The lowest BCUT2D eigenvalue weighted by Gasteiger charge is -2.29. The predicted molar refractivity (Wildman–Crippen MR) is 117 cm³/mol. The van der Waals surface area contributed by atoms with Crippen molar-refractivity contribution in [1.82, 2.24) is 0 Å². The normalized spacial score (nSPS) is 12.7. The van der Waals surface area contributed by atoms with Gasteiger partial charge in [-0.3, -0.25) is 19.2 Å². The van der Waals surface area contributed by atoms with Crippen LogP contribution in [0.4, 0.5) is 11.4 Å². The minimum atomic E-state index is -0.835. The number of hydrogen-bond donors (Lipinski definition) is 2. The van der Waals surface area contributed by atoms with E-state index in [1.807, 2.05) is 0 Å². The molecule has 0 aliphatic heterocycles. The fraction of sp³-hybridized carbons (Fsp3) is 0.250. The van der Waals surface area contributed by atoms with Crippen molar-refractivity contribution in [2.75, 3.05) is 16.8 Å². The van der Waals surface area contributed by atoms with Gasteiger partial charge in [-0.05, 0) is 37.1 Å². The Labute approximate surface area is 180 Å². The van der Waals surface area contributed by atoms with Gasteiger partial charge in [-0.15, -0.1) is 0 Å². The molecule has 0 aromatic heterocycles. The van der Waals surface area contributed by atoms with Crippen LogP contribution in [0.15, 0.2) is 60.3 Å². The molecule has 0 saturated carbocycles. The number of amides is 1. The molecule has 7 nitrogen and oxygen atoms in total. The van der Waals surface area contributed by atoms with Crippen LogP contribution in [0.3, 0.4) is 0 Å². The van der Waals surface area contributed by atoms with Crippen LogP contribution in [0.5, 0.6) is 0 Å². The number of ketones is 2. The molecular weight excluding hydrogens is 396 g/mol. The second kappa shape index (κ2) is 9.84. The van der Waals surface area contributed by atoms with Crippen LogP contribution in [-0.2, 0) is 9.59 Å². The van der Waals surface area contributed by atoms with Crippen molar-refractivity contribution in [2.45, 2.75) is 32.6 Å². The van der Waals surface area contributed by atoms with Crippen molar-refractivity contribution in [3.8, 4) is 0 Å². The summed E-state index contributed by atoms with van der Waals surface area (Å²) >= 11 is 0. The minimum Gasteiger partial charge on any atom is -0.481 e. The van der Waals surface area contributed by atoms with Gasteiger partial charge < -0.3 is 15.3 Å². The Morgan fingerprint density at radius 2 is 1.61 bits per heavy atom. The summed E-state index contributed by atoms with van der Waals surface area (Å²) in [7, 11) is 0. The lowest BCUT2D eigenvalue weighted by molar-refractivity contribution is -0.137. The van der Waals surface area contributed by atoms with Crippen LogP contribution in [0.1, 0.15) is 53.3 Å². The predicted octanol–water partition coefficient (Wildman–Crippen LogP) is 4.06. The molecular formula is C24H24N2O5. The summed E-state index contributed by atoms with van der Waals surface area (Å²) < 4.78 is 0. The van der Waals surface area contributed by atoms with Gasteiger partial charge in [0.15, 0.2) is 5.78 Å². The van der Waals surface area contributed by atoms with Crippen LogP contribution < -0.4 is 10.2 Å². The highest BCUT2D eigenvalue weighted by Crippen LogP contribution is 2.29. The Morgan fingerprint density at radius 3 is 2.26 bits per heavy atom. The van der Waals surface area contributed by atoms with Gasteiger partial charge in [0.1, 0.15) is 0 Å². The Kier molecular flexibility index (Phi) is 6.97. The third-order valence-corrected chi connectivity index (χ3v) is 5.00. The summed E-state index contributed by atoms with van der Waals surface area (Å²) in [6, 6.07) is 13.8. The highest BCUT2D eigenvalue weighted by Gasteiger charge is 2.29. The number of allylic oxidation sites excluding steroid dienone is 2. The first kappa shape index (κ1) is 22.0. The van der Waals surface area contributed by atoms with E-state index >= 15 is 0 Å². The molecule has 1 aliphatic rings. The van der Waals surface area contributed by atoms with Gasteiger partial charge in [0.25, 0.3) is 0 Å². The maximum atomic E-state index is 13.2. The second-order valence-corrected chi connectivity index (χ2v) is 7.35. The average molecular weight is 420 g/mol. The Morgan fingerprint density at radius 1 is 0.935 bits per heavy atom. The van der Waals surface area contributed by atoms with E-state index in [-0.39, 0.29) is 29.6 Å². The number of anilines is 2. The van der Waals surface area contributed by atoms with Gasteiger partial charge in [0.2, 0.25) is 11.7 Å². The van der Waals surface area contributed by atoms with E-state index in [9.17, 15) is 19.2 Å². The Balaban J connectivity index is 1.87. The van der Waals surface area contributed by atoms with E-state index in [1.54, 1.807) is 53.4 Å². The molecule has 0 fully saturated rings. The SMILES string of the molecule is CC(=O)Nc1ccc(N(CCCCCC(=O)O)C2=CC(=O)c3ccccc3C2=O)cc1. The molecule has 31 heavy (non-hydrogen) atoms. The minimum absolute atomic E-state index is 0.0961. The number of carboxylic acid groups (broad SMARTS) is 1. The highest BCUT2D eigenvalue weighted by atomic mass is 16.4. The highest BCUT2D eigenvalue weighted by molar-refractivity contribution is 6.25. The van der Waals surface area contributed by atoms with E-state index in [0.717, 1.165) is 0 Å². The monoisotopic (exact) mass is 420 g/mol. The van der Waals surface area contributed by atoms with E-state index < -0.39 is 5.97 Å². The number of nitrogens with zero attached hydrogens (tertiary/aromatic N) is 1. The molecule has 0 radical (unpaired) electrons. The van der Waals surface area contributed by atoms with Gasteiger partial charge in [-0.2, -0.15) is 0 Å². The summed E-state index contributed by atoms with van der Waals surface area (Å²) in [6.07, 6.45) is 3.34. The van der Waals surface area contributed by atoms with E-state index in [2.05, 4.69) is 5.32 Å². The lowest BCUT2D eigenvalue weighted by atomic mass is 9.92. The summed E-state index contributed by atoms with van der Waals surface area (Å²) in [5.74, 6) is -1.48. The number of carbonyl (C=O) groups is 4. The number of unbranched alkanes of at least 4 members (excludes halogenated alkanes) is 2. The van der Waals surface area contributed by atoms with E-state index in [1.165, 1.54) is 13.0 Å². The van der Waals surface area contributed by atoms with Crippen molar-refractivity contribution >= 4 is 34.8 Å². The van der Waals surface area contributed by atoms with Crippen LogP contribution in [-0.4, -0.2) is 35.1 Å². The molecule has 0 bridgehead atoms.